The quantitative estimate of drug-likeness (QED) is 0.758. The summed E-state index contributed by atoms with van der Waals surface area (Å²) in [5.74, 6) is 0.958. The van der Waals surface area contributed by atoms with Crippen molar-refractivity contribution in [2.75, 3.05) is 13.1 Å². The Balaban J connectivity index is 2.42. The van der Waals surface area contributed by atoms with Crippen LogP contribution in [0.25, 0.3) is 0 Å². The van der Waals surface area contributed by atoms with Gasteiger partial charge in [0, 0.05) is 25.2 Å². The molecular weight excluding hydrogens is 184 g/mol. The zero-order chi connectivity index (χ0) is 11.6. The number of hydrogen-bond donors (Lipinski definition) is 1. The van der Waals surface area contributed by atoms with E-state index < -0.39 is 0 Å². The van der Waals surface area contributed by atoms with E-state index >= 15 is 0 Å². The fraction of sp³-hybridized carbons (Fsp3) is 1.00. The highest BCUT2D eigenvalue weighted by Gasteiger charge is 2.29. The maximum atomic E-state index is 6.24. The molecule has 0 saturated heterocycles. The Bertz CT molecular complexity index is 189. The minimum absolute atomic E-state index is 0.219. The van der Waals surface area contributed by atoms with Gasteiger partial charge in [-0.2, -0.15) is 0 Å². The minimum atomic E-state index is 0.219. The van der Waals surface area contributed by atoms with Gasteiger partial charge < -0.3 is 5.73 Å². The fourth-order valence-corrected chi connectivity index (χ4v) is 1.65. The van der Waals surface area contributed by atoms with Crippen molar-refractivity contribution in [3.8, 4) is 0 Å². The molecule has 0 aromatic rings. The first-order valence-electron chi connectivity index (χ1n) is 6.30. The van der Waals surface area contributed by atoms with Gasteiger partial charge in [-0.25, -0.2) is 0 Å². The monoisotopic (exact) mass is 212 g/mol. The molecule has 1 saturated carbocycles. The summed E-state index contributed by atoms with van der Waals surface area (Å²) in [6, 6.07) is 0.901. The Morgan fingerprint density at radius 1 is 1.27 bits per heavy atom. The van der Waals surface area contributed by atoms with E-state index in [0.717, 1.165) is 12.5 Å². The van der Waals surface area contributed by atoms with Crippen LogP contribution in [0, 0.1) is 11.3 Å². The summed E-state index contributed by atoms with van der Waals surface area (Å²) in [6.45, 7) is 13.5. The highest BCUT2D eigenvalue weighted by molar-refractivity contribution is 4.84. The van der Waals surface area contributed by atoms with E-state index in [1.165, 1.54) is 19.4 Å². The molecule has 0 bridgehead atoms. The van der Waals surface area contributed by atoms with Gasteiger partial charge in [-0.1, -0.05) is 20.8 Å². The zero-order valence-electron chi connectivity index (χ0n) is 11.1. The van der Waals surface area contributed by atoms with E-state index in [2.05, 4.69) is 39.5 Å². The number of nitrogens with zero attached hydrogens (tertiary/aromatic N) is 1. The van der Waals surface area contributed by atoms with Gasteiger partial charge in [-0.3, -0.25) is 4.90 Å². The summed E-state index contributed by atoms with van der Waals surface area (Å²) in [5.41, 5.74) is 6.46. The normalized spacial score (nSPS) is 20.0. The van der Waals surface area contributed by atoms with E-state index in [1.54, 1.807) is 0 Å². The topological polar surface area (TPSA) is 29.3 Å². The SMILES string of the molecule is CC(C)N(CC1CC1)CC(N)C(C)(C)C. The molecule has 0 radical (unpaired) electrons. The third-order valence-corrected chi connectivity index (χ3v) is 3.46. The van der Waals surface area contributed by atoms with Crippen LogP contribution in [0.5, 0.6) is 0 Å². The van der Waals surface area contributed by atoms with Crippen LogP contribution in [-0.4, -0.2) is 30.1 Å². The van der Waals surface area contributed by atoms with Crippen molar-refractivity contribution in [3.05, 3.63) is 0 Å². The summed E-state index contributed by atoms with van der Waals surface area (Å²) >= 11 is 0. The van der Waals surface area contributed by atoms with Crippen molar-refractivity contribution < 1.29 is 0 Å². The van der Waals surface area contributed by atoms with E-state index in [4.69, 9.17) is 5.73 Å². The zero-order valence-corrected chi connectivity index (χ0v) is 11.1. The summed E-state index contributed by atoms with van der Waals surface area (Å²) in [4.78, 5) is 2.55. The van der Waals surface area contributed by atoms with Crippen molar-refractivity contribution in [2.45, 2.75) is 59.5 Å². The maximum absolute atomic E-state index is 6.24. The van der Waals surface area contributed by atoms with Crippen LogP contribution in [0.1, 0.15) is 47.5 Å². The molecule has 15 heavy (non-hydrogen) atoms. The highest BCUT2D eigenvalue weighted by atomic mass is 15.2. The van der Waals surface area contributed by atoms with Crippen LogP contribution >= 0.6 is 0 Å². The molecule has 2 N–H and O–H groups in total. The minimum Gasteiger partial charge on any atom is -0.326 e. The van der Waals surface area contributed by atoms with E-state index in [0.29, 0.717) is 6.04 Å². The first kappa shape index (κ1) is 13.0. The molecular formula is C13H28N2. The molecule has 90 valence electrons. The first-order valence-corrected chi connectivity index (χ1v) is 6.30. The summed E-state index contributed by atoms with van der Waals surface area (Å²) in [6.07, 6.45) is 2.85. The maximum Gasteiger partial charge on any atom is 0.0217 e. The first-order chi connectivity index (χ1) is 6.80. The molecule has 0 aliphatic heterocycles. The Hall–Kier alpha value is -0.0800. The smallest absolute Gasteiger partial charge is 0.0217 e. The molecule has 1 rings (SSSR count). The lowest BCUT2D eigenvalue weighted by atomic mass is 9.87. The van der Waals surface area contributed by atoms with Gasteiger partial charge in [0.15, 0.2) is 0 Å². The van der Waals surface area contributed by atoms with Gasteiger partial charge >= 0.3 is 0 Å². The van der Waals surface area contributed by atoms with Gasteiger partial charge in [0.2, 0.25) is 0 Å². The molecule has 0 spiro atoms. The lowest BCUT2D eigenvalue weighted by Crippen LogP contribution is -2.48. The average Bonchev–Trinajstić information content (AvgIpc) is 2.84. The van der Waals surface area contributed by atoms with Gasteiger partial charge in [-0.05, 0) is 38.0 Å². The van der Waals surface area contributed by atoms with Gasteiger partial charge in [-0.15, -0.1) is 0 Å². The van der Waals surface area contributed by atoms with Crippen molar-refractivity contribution in [1.82, 2.24) is 4.90 Å². The number of nitrogens with two attached hydrogens (primary N) is 1. The van der Waals surface area contributed by atoms with Crippen molar-refractivity contribution in [2.24, 2.45) is 17.1 Å². The van der Waals surface area contributed by atoms with E-state index in [9.17, 15) is 0 Å². The second-order valence-corrected chi connectivity index (χ2v) is 6.46. The lowest BCUT2D eigenvalue weighted by Gasteiger charge is -2.35. The number of hydrogen-bond acceptors (Lipinski definition) is 2. The summed E-state index contributed by atoms with van der Waals surface area (Å²) in [5, 5.41) is 0. The van der Waals surface area contributed by atoms with Crippen molar-refractivity contribution >= 4 is 0 Å². The Labute approximate surface area is 95.2 Å². The van der Waals surface area contributed by atoms with Crippen LogP contribution < -0.4 is 5.73 Å². The van der Waals surface area contributed by atoms with Crippen LogP contribution in [0.4, 0.5) is 0 Å². The lowest BCUT2D eigenvalue weighted by molar-refractivity contribution is 0.161. The second kappa shape index (κ2) is 4.84. The third-order valence-electron chi connectivity index (χ3n) is 3.46. The molecule has 1 aliphatic rings. The van der Waals surface area contributed by atoms with Crippen LogP contribution in [0.3, 0.4) is 0 Å². The van der Waals surface area contributed by atoms with E-state index in [-0.39, 0.29) is 11.5 Å². The van der Waals surface area contributed by atoms with Crippen LogP contribution in [0.2, 0.25) is 0 Å². The third kappa shape index (κ3) is 4.52. The molecule has 1 aliphatic carbocycles. The molecule has 0 amide bonds. The molecule has 2 nitrogen and oxygen atoms in total. The van der Waals surface area contributed by atoms with E-state index in [1.807, 2.05) is 0 Å². The van der Waals surface area contributed by atoms with Gasteiger partial charge in [0.05, 0.1) is 0 Å². The Morgan fingerprint density at radius 3 is 2.13 bits per heavy atom. The Kier molecular flexibility index (Phi) is 4.19. The average molecular weight is 212 g/mol. The standard InChI is InChI=1S/C13H28N2/c1-10(2)15(8-11-6-7-11)9-12(14)13(3,4)5/h10-12H,6-9,14H2,1-5H3. The predicted molar refractivity (Wildman–Crippen MR) is 66.9 cm³/mol. The van der Waals surface area contributed by atoms with Crippen LogP contribution in [-0.2, 0) is 0 Å². The molecule has 0 aromatic heterocycles. The summed E-state index contributed by atoms with van der Waals surface area (Å²) < 4.78 is 0. The van der Waals surface area contributed by atoms with Crippen LogP contribution in [0.15, 0.2) is 0 Å². The largest absolute Gasteiger partial charge is 0.326 e. The number of rotatable bonds is 5. The highest BCUT2D eigenvalue weighted by Crippen LogP contribution is 2.30. The van der Waals surface area contributed by atoms with Crippen molar-refractivity contribution in [3.63, 3.8) is 0 Å². The molecule has 0 aromatic carbocycles. The molecule has 2 heteroatoms. The van der Waals surface area contributed by atoms with Gasteiger partial charge in [0.25, 0.3) is 0 Å². The second-order valence-electron chi connectivity index (χ2n) is 6.46. The molecule has 1 unspecified atom stereocenters. The summed E-state index contributed by atoms with van der Waals surface area (Å²) in [7, 11) is 0. The van der Waals surface area contributed by atoms with Gasteiger partial charge in [0.1, 0.15) is 0 Å². The Morgan fingerprint density at radius 2 is 1.80 bits per heavy atom. The van der Waals surface area contributed by atoms with Crippen molar-refractivity contribution in [1.29, 1.82) is 0 Å². The molecule has 0 heterocycles. The predicted octanol–water partition coefficient (Wildman–Crippen LogP) is 2.48. The molecule has 1 fully saturated rings. The fourth-order valence-electron chi connectivity index (χ4n) is 1.65. The molecule has 1 atom stereocenters.